The molecule has 0 amide bonds. The van der Waals surface area contributed by atoms with Gasteiger partial charge in [-0.2, -0.15) is 0 Å². The lowest BCUT2D eigenvalue weighted by Crippen LogP contribution is -2.19. The fourth-order valence-electron chi connectivity index (χ4n) is 1.22. The van der Waals surface area contributed by atoms with Crippen molar-refractivity contribution in [2.45, 2.75) is 22.6 Å². The highest BCUT2D eigenvalue weighted by Crippen LogP contribution is 2.29. The summed E-state index contributed by atoms with van der Waals surface area (Å²) >= 11 is 3.19. The minimum absolute atomic E-state index is 0.229. The van der Waals surface area contributed by atoms with Gasteiger partial charge in [0, 0.05) is 13.1 Å². The van der Waals surface area contributed by atoms with Crippen molar-refractivity contribution in [2.24, 2.45) is 0 Å². The van der Waals surface area contributed by atoms with E-state index in [1.54, 1.807) is 23.1 Å². The predicted octanol–water partition coefficient (Wildman–Crippen LogP) is 0.271. The van der Waals surface area contributed by atoms with Gasteiger partial charge >= 0.3 is 0 Å². The molecule has 0 radical (unpaired) electrons. The first kappa shape index (κ1) is 9.39. The number of aryl methyl sites for hydroxylation is 1. The van der Waals surface area contributed by atoms with Crippen molar-refractivity contribution in [3.63, 3.8) is 0 Å². The third-order valence-electron chi connectivity index (χ3n) is 1.89. The third-order valence-corrected chi connectivity index (χ3v) is 4.13. The predicted molar refractivity (Wildman–Crippen MR) is 53.2 cm³/mol. The second-order valence-electron chi connectivity index (χ2n) is 2.97. The molecule has 1 aliphatic heterocycles. The zero-order valence-corrected chi connectivity index (χ0v) is 8.86. The molecule has 1 aliphatic rings. The van der Waals surface area contributed by atoms with E-state index in [-0.39, 0.29) is 11.4 Å². The molecule has 0 spiro atoms. The van der Waals surface area contributed by atoms with Crippen molar-refractivity contribution in [2.75, 3.05) is 13.1 Å². The molecule has 0 aliphatic carbocycles. The first-order valence-electron chi connectivity index (χ1n) is 4.11. The molecule has 0 saturated carbocycles. The molecule has 4 nitrogen and oxygen atoms in total. The number of hydrogen-bond donors (Lipinski definition) is 2. The van der Waals surface area contributed by atoms with Crippen LogP contribution in [-0.4, -0.2) is 39.7 Å². The highest BCUT2D eigenvalue weighted by atomic mass is 32.2. The van der Waals surface area contributed by atoms with E-state index in [0.717, 1.165) is 15.9 Å². The van der Waals surface area contributed by atoms with Crippen LogP contribution in [0.1, 0.15) is 5.01 Å². The van der Waals surface area contributed by atoms with Crippen LogP contribution in [0.4, 0.5) is 0 Å². The van der Waals surface area contributed by atoms with Gasteiger partial charge in [-0.25, -0.2) is 0 Å². The SMILES string of the molecule is Cc1nnc(S[C@@H]2CNC[C@H]2O)s1. The van der Waals surface area contributed by atoms with E-state index in [1.807, 2.05) is 6.92 Å². The number of hydrogen-bond acceptors (Lipinski definition) is 6. The van der Waals surface area contributed by atoms with E-state index >= 15 is 0 Å². The Balaban J connectivity index is 1.97. The maximum absolute atomic E-state index is 9.53. The minimum atomic E-state index is -0.255. The highest BCUT2D eigenvalue weighted by Gasteiger charge is 2.26. The summed E-state index contributed by atoms with van der Waals surface area (Å²) in [6.07, 6.45) is -0.255. The van der Waals surface area contributed by atoms with Crippen LogP contribution < -0.4 is 5.32 Å². The minimum Gasteiger partial charge on any atom is -0.391 e. The van der Waals surface area contributed by atoms with Gasteiger partial charge in [0.15, 0.2) is 4.34 Å². The van der Waals surface area contributed by atoms with Crippen molar-refractivity contribution in [1.82, 2.24) is 15.5 Å². The molecule has 6 heteroatoms. The average Bonchev–Trinajstić information content (AvgIpc) is 2.64. The van der Waals surface area contributed by atoms with Crippen LogP contribution in [-0.2, 0) is 0 Å². The number of β-amino-alcohol motifs (C(OH)–C–C–N with tert-alkyl or cyclic N) is 1. The van der Waals surface area contributed by atoms with E-state index in [2.05, 4.69) is 15.5 Å². The number of rotatable bonds is 2. The van der Waals surface area contributed by atoms with Gasteiger partial charge in [-0.3, -0.25) is 0 Å². The maximum Gasteiger partial charge on any atom is 0.174 e. The van der Waals surface area contributed by atoms with Gasteiger partial charge in [-0.1, -0.05) is 23.1 Å². The molecule has 0 unspecified atom stereocenters. The number of thioether (sulfide) groups is 1. The molecule has 1 aromatic rings. The van der Waals surface area contributed by atoms with E-state index < -0.39 is 0 Å². The Morgan fingerprint density at radius 1 is 1.54 bits per heavy atom. The monoisotopic (exact) mass is 217 g/mol. The van der Waals surface area contributed by atoms with Crippen molar-refractivity contribution in [3.05, 3.63) is 5.01 Å². The molecule has 1 saturated heterocycles. The van der Waals surface area contributed by atoms with Gasteiger partial charge in [-0.05, 0) is 6.92 Å². The van der Waals surface area contributed by atoms with Gasteiger partial charge in [0.25, 0.3) is 0 Å². The van der Waals surface area contributed by atoms with Gasteiger partial charge in [0.1, 0.15) is 5.01 Å². The fraction of sp³-hybridized carbons (Fsp3) is 0.714. The Kier molecular flexibility index (Phi) is 2.83. The summed E-state index contributed by atoms with van der Waals surface area (Å²) in [4.78, 5) is 0. The van der Waals surface area contributed by atoms with Gasteiger partial charge in [-0.15, -0.1) is 10.2 Å². The van der Waals surface area contributed by atoms with Gasteiger partial charge < -0.3 is 10.4 Å². The largest absolute Gasteiger partial charge is 0.391 e. The van der Waals surface area contributed by atoms with E-state index in [0.29, 0.717) is 6.54 Å². The first-order chi connectivity index (χ1) is 6.25. The summed E-state index contributed by atoms with van der Waals surface area (Å²) in [6, 6.07) is 0. The summed E-state index contributed by atoms with van der Waals surface area (Å²) in [5.74, 6) is 0. The summed E-state index contributed by atoms with van der Waals surface area (Å²) in [6.45, 7) is 3.48. The zero-order chi connectivity index (χ0) is 9.26. The standard InChI is InChI=1S/C7H11N3OS2/c1-4-9-10-7(12-4)13-6-3-8-2-5(6)11/h5-6,8,11H,2-3H2,1H3/t5-,6-/m1/s1. The number of nitrogens with zero attached hydrogens (tertiary/aromatic N) is 2. The van der Waals surface area contributed by atoms with E-state index in [9.17, 15) is 5.11 Å². The molecular formula is C7H11N3OS2. The second kappa shape index (κ2) is 3.91. The molecule has 2 heterocycles. The number of aliphatic hydroxyl groups excluding tert-OH is 1. The molecule has 2 rings (SSSR count). The van der Waals surface area contributed by atoms with Crippen molar-refractivity contribution in [3.8, 4) is 0 Å². The second-order valence-corrected chi connectivity index (χ2v) is 5.64. The molecule has 1 fully saturated rings. The van der Waals surface area contributed by atoms with Crippen LogP contribution in [0, 0.1) is 6.92 Å². The fourth-order valence-corrected chi connectivity index (χ4v) is 3.36. The Morgan fingerprint density at radius 2 is 2.38 bits per heavy atom. The topological polar surface area (TPSA) is 58.0 Å². The highest BCUT2D eigenvalue weighted by molar-refractivity contribution is 8.01. The normalized spacial score (nSPS) is 28.2. The van der Waals surface area contributed by atoms with Crippen LogP contribution in [0.5, 0.6) is 0 Å². The molecule has 0 aromatic carbocycles. The Bertz CT molecular complexity index is 291. The van der Waals surface area contributed by atoms with Crippen molar-refractivity contribution < 1.29 is 5.11 Å². The Morgan fingerprint density at radius 3 is 2.92 bits per heavy atom. The van der Waals surface area contributed by atoms with Gasteiger partial charge in [0.2, 0.25) is 0 Å². The van der Waals surface area contributed by atoms with Crippen molar-refractivity contribution in [1.29, 1.82) is 0 Å². The van der Waals surface area contributed by atoms with Gasteiger partial charge in [0.05, 0.1) is 11.4 Å². The molecule has 1 aromatic heterocycles. The summed E-state index contributed by atoms with van der Waals surface area (Å²) < 4.78 is 0.949. The molecule has 13 heavy (non-hydrogen) atoms. The maximum atomic E-state index is 9.53. The summed E-state index contributed by atoms with van der Waals surface area (Å²) in [5.41, 5.74) is 0. The molecule has 2 atom stereocenters. The Hall–Kier alpha value is -0.170. The summed E-state index contributed by atoms with van der Waals surface area (Å²) in [7, 11) is 0. The van der Waals surface area contributed by atoms with Crippen LogP contribution in [0.3, 0.4) is 0 Å². The van der Waals surface area contributed by atoms with Crippen LogP contribution in [0.25, 0.3) is 0 Å². The number of nitrogens with one attached hydrogen (secondary N) is 1. The molecule has 72 valence electrons. The smallest absolute Gasteiger partial charge is 0.174 e. The number of aromatic nitrogens is 2. The van der Waals surface area contributed by atoms with Crippen LogP contribution in [0.2, 0.25) is 0 Å². The van der Waals surface area contributed by atoms with E-state index in [1.165, 1.54) is 0 Å². The molecule has 2 N–H and O–H groups in total. The lowest BCUT2D eigenvalue weighted by Gasteiger charge is -2.09. The van der Waals surface area contributed by atoms with Crippen LogP contribution >= 0.6 is 23.1 Å². The first-order valence-corrected chi connectivity index (χ1v) is 5.81. The third kappa shape index (κ3) is 2.19. The van der Waals surface area contributed by atoms with Crippen molar-refractivity contribution >= 4 is 23.1 Å². The number of aliphatic hydroxyl groups is 1. The van der Waals surface area contributed by atoms with E-state index in [4.69, 9.17) is 0 Å². The quantitative estimate of drug-likeness (QED) is 0.745. The Labute approximate surface area is 84.8 Å². The average molecular weight is 217 g/mol. The zero-order valence-electron chi connectivity index (χ0n) is 7.23. The molecular weight excluding hydrogens is 206 g/mol. The lowest BCUT2D eigenvalue weighted by atomic mass is 10.3. The summed E-state index contributed by atoms with van der Waals surface area (Å²) in [5, 5.41) is 21.8. The lowest BCUT2D eigenvalue weighted by molar-refractivity contribution is 0.201. The van der Waals surface area contributed by atoms with Crippen LogP contribution in [0.15, 0.2) is 4.34 Å². The molecule has 0 bridgehead atoms.